The molecule has 5 nitrogen and oxygen atoms in total. The Kier molecular flexibility index (Phi) is 7.03. The van der Waals surface area contributed by atoms with Gasteiger partial charge >= 0.3 is 0 Å². The third-order valence-electron chi connectivity index (χ3n) is 4.40. The summed E-state index contributed by atoms with van der Waals surface area (Å²) in [6, 6.07) is 3.62. The summed E-state index contributed by atoms with van der Waals surface area (Å²) in [5, 5.41) is 2.98. The van der Waals surface area contributed by atoms with Crippen LogP contribution in [0.3, 0.4) is 0 Å². The molecule has 1 amide bonds. The first-order chi connectivity index (χ1) is 11.6. The van der Waals surface area contributed by atoms with E-state index in [9.17, 15) is 4.79 Å². The van der Waals surface area contributed by atoms with Crippen LogP contribution < -0.4 is 10.1 Å². The summed E-state index contributed by atoms with van der Waals surface area (Å²) in [7, 11) is 0. The normalized spacial score (nSPS) is 23.7. The number of carbonyl (C=O) groups excluding carboxylic acids is 1. The molecule has 0 unspecified atom stereocenters. The van der Waals surface area contributed by atoms with Crippen molar-refractivity contribution < 1.29 is 14.3 Å². The van der Waals surface area contributed by atoms with Gasteiger partial charge in [-0.05, 0) is 44.1 Å². The molecule has 0 bridgehead atoms. The Morgan fingerprint density at radius 3 is 2.75 bits per heavy atom. The van der Waals surface area contributed by atoms with E-state index in [1.54, 1.807) is 12.3 Å². The molecule has 1 N–H and O–H groups in total. The molecule has 5 heteroatoms. The Morgan fingerprint density at radius 1 is 1.33 bits per heavy atom. The van der Waals surface area contributed by atoms with E-state index >= 15 is 0 Å². The van der Waals surface area contributed by atoms with Crippen LogP contribution in [0.2, 0.25) is 0 Å². The third-order valence-corrected chi connectivity index (χ3v) is 4.40. The van der Waals surface area contributed by atoms with Crippen LogP contribution in [0.4, 0.5) is 5.69 Å². The average molecular weight is 334 g/mol. The first kappa shape index (κ1) is 18.7. The number of carbonyl (C=O) groups is 1. The van der Waals surface area contributed by atoms with Gasteiger partial charge in [-0.25, -0.2) is 4.98 Å². The van der Waals surface area contributed by atoms with Crippen molar-refractivity contribution in [1.82, 2.24) is 4.98 Å². The predicted octanol–water partition coefficient (Wildman–Crippen LogP) is 4.18. The van der Waals surface area contributed by atoms with E-state index in [4.69, 9.17) is 9.47 Å². The van der Waals surface area contributed by atoms with Crippen LogP contribution in [0.1, 0.15) is 59.3 Å². The van der Waals surface area contributed by atoms with Crippen molar-refractivity contribution in [1.29, 1.82) is 0 Å². The highest BCUT2D eigenvalue weighted by atomic mass is 16.5. The van der Waals surface area contributed by atoms with Crippen molar-refractivity contribution in [3.63, 3.8) is 0 Å². The number of hydrogen-bond donors (Lipinski definition) is 1. The largest absolute Gasteiger partial charge is 0.478 e. The number of ether oxygens (including phenoxy) is 2. The molecule has 0 radical (unpaired) electrons. The Bertz CT molecular complexity index is 518. The molecular formula is C19H30N2O3. The highest BCUT2D eigenvalue weighted by Crippen LogP contribution is 2.36. The van der Waals surface area contributed by atoms with E-state index in [0.717, 1.165) is 38.5 Å². The van der Waals surface area contributed by atoms with Crippen molar-refractivity contribution in [2.75, 3.05) is 18.5 Å². The fourth-order valence-corrected chi connectivity index (χ4v) is 3.19. The van der Waals surface area contributed by atoms with Crippen LogP contribution in [-0.2, 0) is 9.53 Å². The molecule has 2 rings (SSSR count). The Labute approximate surface area is 145 Å². The number of pyridine rings is 1. The van der Waals surface area contributed by atoms with Gasteiger partial charge in [-0.3, -0.25) is 4.79 Å². The van der Waals surface area contributed by atoms with Gasteiger partial charge in [-0.2, -0.15) is 0 Å². The van der Waals surface area contributed by atoms with Gasteiger partial charge < -0.3 is 14.8 Å². The highest BCUT2D eigenvalue weighted by Gasteiger charge is 2.42. The molecule has 0 aliphatic heterocycles. The van der Waals surface area contributed by atoms with Gasteiger partial charge in [0.15, 0.2) is 0 Å². The van der Waals surface area contributed by atoms with E-state index in [2.05, 4.69) is 31.1 Å². The number of nitrogens with zero attached hydrogens (tertiary/aromatic N) is 1. The van der Waals surface area contributed by atoms with Gasteiger partial charge in [0.1, 0.15) is 5.60 Å². The van der Waals surface area contributed by atoms with E-state index in [-0.39, 0.29) is 5.91 Å². The smallest absolute Gasteiger partial charge is 0.256 e. The Morgan fingerprint density at radius 2 is 2.12 bits per heavy atom. The summed E-state index contributed by atoms with van der Waals surface area (Å²) in [4.78, 5) is 17.1. The molecule has 1 aromatic heterocycles. The number of aromatic nitrogens is 1. The van der Waals surface area contributed by atoms with E-state index in [0.29, 0.717) is 30.7 Å². The number of rotatable bonds is 8. The highest BCUT2D eigenvalue weighted by molar-refractivity contribution is 5.97. The van der Waals surface area contributed by atoms with E-state index in [1.165, 1.54) is 0 Å². The van der Waals surface area contributed by atoms with Crippen LogP contribution in [0.25, 0.3) is 0 Å². The standard InChI is InChI=1S/C19H30N2O3/c1-4-11-23-17-9-8-16(14-20-17)21-18(22)19(24-12-5-2)10-6-7-15(3)13-19/h8-9,14-15H,4-7,10-13H2,1-3H3,(H,21,22)/t15-,19-/m0/s1. The van der Waals surface area contributed by atoms with E-state index < -0.39 is 5.60 Å². The SMILES string of the molecule is CCCOc1ccc(NC(=O)[C@]2(OCCC)CCC[C@H](C)C2)cn1. The molecule has 1 aliphatic carbocycles. The molecular weight excluding hydrogens is 304 g/mol. The number of hydrogen-bond acceptors (Lipinski definition) is 4. The monoisotopic (exact) mass is 334 g/mol. The van der Waals surface area contributed by atoms with Crippen LogP contribution in [-0.4, -0.2) is 29.7 Å². The van der Waals surface area contributed by atoms with Crippen molar-refractivity contribution in [3.8, 4) is 5.88 Å². The number of amides is 1. The summed E-state index contributed by atoms with van der Waals surface area (Å²) in [5.41, 5.74) is -0.0213. The minimum atomic E-state index is -0.703. The average Bonchev–Trinajstić information content (AvgIpc) is 2.59. The molecule has 2 atom stereocenters. The fraction of sp³-hybridized carbons (Fsp3) is 0.684. The molecule has 0 spiro atoms. The lowest BCUT2D eigenvalue weighted by atomic mass is 9.78. The summed E-state index contributed by atoms with van der Waals surface area (Å²) >= 11 is 0. The molecule has 1 fully saturated rings. The quantitative estimate of drug-likeness (QED) is 0.774. The molecule has 24 heavy (non-hydrogen) atoms. The molecule has 1 heterocycles. The second-order valence-electron chi connectivity index (χ2n) is 6.73. The second kappa shape index (κ2) is 9.02. The maximum atomic E-state index is 12.9. The molecule has 0 aromatic carbocycles. The van der Waals surface area contributed by atoms with Gasteiger partial charge in [0.25, 0.3) is 5.91 Å². The number of nitrogens with one attached hydrogen (secondary N) is 1. The lowest BCUT2D eigenvalue weighted by Crippen LogP contribution is -2.48. The van der Waals surface area contributed by atoms with Crippen LogP contribution >= 0.6 is 0 Å². The van der Waals surface area contributed by atoms with Gasteiger partial charge in [0.05, 0.1) is 18.5 Å². The lowest BCUT2D eigenvalue weighted by Gasteiger charge is -2.38. The lowest BCUT2D eigenvalue weighted by molar-refractivity contribution is -0.148. The minimum Gasteiger partial charge on any atom is -0.478 e. The zero-order valence-corrected chi connectivity index (χ0v) is 15.1. The topological polar surface area (TPSA) is 60.5 Å². The molecule has 134 valence electrons. The summed E-state index contributed by atoms with van der Waals surface area (Å²) in [5.74, 6) is 1.04. The maximum Gasteiger partial charge on any atom is 0.256 e. The Hall–Kier alpha value is -1.62. The van der Waals surface area contributed by atoms with Crippen molar-refractivity contribution >= 4 is 11.6 Å². The Balaban J connectivity index is 2.04. The molecule has 1 aliphatic rings. The zero-order valence-electron chi connectivity index (χ0n) is 15.1. The predicted molar refractivity (Wildman–Crippen MR) is 95.3 cm³/mol. The second-order valence-corrected chi connectivity index (χ2v) is 6.73. The van der Waals surface area contributed by atoms with Crippen LogP contribution in [0, 0.1) is 5.92 Å². The van der Waals surface area contributed by atoms with Crippen molar-refractivity contribution in [2.45, 2.75) is 64.9 Å². The third kappa shape index (κ3) is 4.94. The molecule has 1 saturated carbocycles. The number of anilines is 1. The summed E-state index contributed by atoms with van der Waals surface area (Å²) < 4.78 is 11.5. The van der Waals surface area contributed by atoms with Gasteiger partial charge in [-0.1, -0.05) is 27.2 Å². The first-order valence-electron chi connectivity index (χ1n) is 9.14. The van der Waals surface area contributed by atoms with Crippen LogP contribution in [0.5, 0.6) is 5.88 Å². The van der Waals surface area contributed by atoms with E-state index in [1.807, 2.05) is 6.07 Å². The molecule has 0 saturated heterocycles. The summed E-state index contributed by atoms with van der Waals surface area (Å²) in [6.07, 6.45) is 7.25. The maximum absolute atomic E-state index is 12.9. The van der Waals surface area contributed by atoms with Gasteiger partial charge in [0, 0.05) is 12.7 Å². The van der Waals surface area contributed by atoms with Gasteiger partial charge in [0.2, 0.25) is 5.88 Å². The summed E-state index contributed by atoms with van der Waals surface area (Å²) in [6.45, 7) is 7.57. The minimum absolute atomic E-state index is 0.0495. The molecule has 1 aromatic rings. The van der Waals surface area contributed by atoms with Crippen molar-refractivity contribution in [2.24, 2.45) is 5.92 Å². The fourth-order valence-electron chi connectivity index (χ4n) is 3.19. The zero-order chi connectivity index (χ0) is 17.4. The van der Waals surface area contributed by atoms with Gasteiger partial charge in [-0.15, -0.1) is 0 Å². The van der Waals surface area contributed by atoms with Crippen LogP contribution in [0.15, 0.2) is 18.3 Å². The van der Waals surface area contributed by atoms with Crippen molar-refractivity contribution in [3.05, 3.63) is 18.3 Å². The first-order valence-corrected chi connectivity index (χ1v) is 9.14.